The predicted octanol–water partition coefficient (Wildman–Crippen LogP) is -0.489. The SMILES string of the molecule is COc1ccc(B(O)O)cc1CN1CCC(N(C)C)C1. The number of nitrogens with zero attached hydrogens (tertiary/aromatic N) is 2. The summed E-state index contributed by atoms with van der Waals surface area (Å²) < 4.78 is 5.36. The molecule has 0 amide bonds. The van der Waals surface area contributed by atoms with Gasteiger partial charge in [0.05, 0.1) is 7.11 Å². The molecule has 0 aliphatic carbocycles. The second-order valence-corrected chi connectivity index (χ2v) is 5.59. The summed E-state index contributed by atoms with van der Waals surface area (Å²) in [4.78, 5) is 4.63. The lowest BCUT2D eigenvalue weighted by molar-refractivity contribution is 0.262. The average Bonchev–Trinajstić information content (AvgIpc) is 2.87. The molecule has 5 nitrogen and oxygen atoms in total. The molecule has 1 atom stereocenters. The van der Waals surface area contributed by atoms with Gasteiger partial charge in [-0.05, 0) is 32.0 Å². The normalized spacial score (nSPS) is 19.6. The Morgan fingerprint density at radius 1 is 1.40 bits per heavy atom. The van der Waals surface area contributed by atoms with Crippen LogP contribution in [0.1, 0.15) is 12.0 Å². The highest BCUT2D eigenvalue weighted by molar-refractivity contribution is 6.58. The van der Waals surface area contributed by atoms with Crippen LogP contribution < -0.4 is 10.2 Å². The lowest BCUT2D eigenvalue weighted by Gasteiger charge is -2.21. The van der Waals surface area contributed by atoms with Gasteiger partial charge >= 0.3 is 7.12 Å². The minimum Gasteiger partial charge on any atom is -0.496 e. The molecule has 110 valence electrons. The molecule has 0 radical (unpaired) electrons. The van der Waals surface area contributed by atoms with Gasteiger partial charge in [-0.1, -0.05) is 12.1 Å². The second kappa shape index (κ2) is 6.58. The Labute approximate surface area is 120 Å². The van der Waals surface area contributed by atoms with Crippen LogP contribution in [0, 0.1) is 0 Å². The molecule has 2 N–H and O–H groups in total. The van der Waals surface area contributed by atoms with Crippen molar-refractivity contribution in [3.8, 4) is 5.75 Å². The molecule has 1 saturated heterocycles. The zero-order valence-electron chi connectivity index (χ0n) is 12.4. The molecule has 1 heterocycles. The Hall–Kier alpha value is -1.08. The van der Waals surface area contributed by atoms with E-state index in [0.29, 0.717) is 11.5 Å². The van der Waals surface area contributed by atoms with Gasteiger partial charge in [-0.25, -0.2) is 0 Å². The topological polar surface area (TPSA) is 56.2 Å². The smallest absolute Gasteiger partial charge is 0.488 e. The molecule has 0 saturated carbocycles. The Kier molecular flexibility index (Phi) is 5.04. The van der Waals surface area contributed by atoms with E-state index >= 15 is 0 Å². The molecule has 0 aromatic heterocycles. The molecule has 20 heavy (non-hydrogen) atoms. The first kappa shape index (κ1) is 15.3. The van der Waals surface area contributed by atoms with Gasteiger partial charge in [0.2, 0.25) is 0 Å². The molecular formula is C14H23BN2O3. The van der Waals surface area contributed by atoms with Crippen LogP contribution in [0.2, 0.25) is 0 Å². The van der Waals surface area contributed by atoms with Crippen molar-refractivity contribution < 1.29 is 14.8 Å². The van der Waals surface area contributed by atoms with Crippen molar-refractivity contribution >= 4 is 12.6 Å². The summed E-state index contributed by atoms with van der Waals surface area (Å²) in [5.41, 5.74) is 1.50. The van der Waals surface area contributed by atoms with E-state index in [2.05, 4.69) is 23.9 Å². The number of benzene rings is 1. The molecule has 1 aliphatic heterocycles. The van der Waals surface area contributed by atoms with Gasteiger partial charge in [-0.2, -0.15) is 0 Å². The van der Waals surface area contributed by atoms with E-state index in [-0.39, 0.29) is 0 Å². The van der Waals surface area contributed by atoms with E-state index in [1.54, 1.807) is 19.2 Å². The van der Waals surface area contributed by atoms with Crippen LogP contribution in [-0.2, 0) is 6.54 Å². The van der Waals surface area contributed by atoms with E-state index in [0.717, 1.165) is 37.4 Å². The van der Waals surface area contributed by atoms with Crippen LogP contribution in [0.15, 0.2) is 18.2 Å². The molecule has 1 aliphatic rings. The van der Waals surface area contributed by atoms with Gasteiger partial charge in [0.1, 0.15) is 5.75 Å². The molecule has 0 spiro atoms. The van der Waals surface area contributed by atoms with Crippen molar-refractivity contribution in [2.24, 2.45) is 0 Å². The van der Waals surface area contributed by atoms with Gasteiger partial charge < -0.3 is 19.7 Å². The monoisotopic (exact) mass is 278 g/mol. The molecule has 1 aromatic rings. The Morgan fingerprint density at radius 2 is 2.15 bits per heavy atom. The Morgan fingerprint density at radius 3 is 2.70 bits per heavy atom. The maximum Gasteiger partial charge on any atom is 0.488 e. The highest BCUT2D eigenvalue weighted by atomic mass is 16.5. The first-order chi connectivity index (χ1) is 9.51. The van der Waals surface area contributed by atoms with Crippen molar-refractivity contribution in [3.63, 3.8) is 0 Å². The standard InChI is InChI=1S/C14H23BN2O3/c1-16(2)13-6-7-17(10-13)9-11-8-12(15(18)19)4-5-14(11)20-3/h4-5,8,13,18-19H,6-7,9-10H2,1-3H3. The number of ether oxygens (including phenoxy) is 1. The highest BCUT2D eigenvalue weighted by Gasteiger charge is 2.25. The van der Waals surface area contributed by atoms with Crippen molar-refractivity contribution in [3.05, 3.63) is 23.8 Å². The summed E-state index contributed by atoms with van der Waals surface area (Å²) in [5, 5.41) is 18.6. The Balaban J connectivity index is 2.10. The average molecular weight is 278 g/mol. The van der Waals surface area contributed by atoms with Crippen molar-refractivity contribution in [1.82, 2.24) is 9.80 Å². The summed E-state index contributed by atoms with van der Waals surface area (Å²) in [6.45, 7) is 2.86. The maximum atomic E-state index is 9.28. The van der Waals surface area contributed by atoms with Crippen LogP contribution in [-0.4, -0.2) is 67.3 Å². The fourth-order valence-corrected chi connectivity index (χ4v) is 2.70. The molecular weight excluding hydrogens is 255 g/mol. The quantitative estimate of drug-likeness (QED) is 0.712. The number of rotatable bonds is 5. The van der Waals surface area contributed by atoms with Crippen molar-refractivity contribution in [1.29, 1.82) is 0 Å². The molecule has 1 unspecified atom stereocenters. The van der Waals surface area contributed by atoms with Crippen LogP contribution in [0.5, 0.6) is 5.75 Å². The van der Waals surface area contributed by atoms with Crippen LogP contribution >= 0.6 is 0 Å². The van der Waals surface area contributed by atoms with E-state index in [4.69, 9.17) is 4.74 Å². The molecule has 0 bridgehead atoms. The van der Waals surface area contributed by atoms with Gasteiger partial charge in [0, 0.05) is 31.2 Å². The van der Waals surface area contributed by atoms with Crippen molar-refractivity contribution in [2.75, 3.05) is 34.3 Å². The number of hydrogen-bond donors (Lipinski definition) is 2. The van der Waals surface area contributed by atoms with Gasteiger partial charge in [-0.3, -0.25) is 4.90 Å². The minimum atomic E-state index is -1.44. The Bertz CT molecular complexity index is 454. The van der Waals surface area contributed by atoms with Crippen molar-refractivity contribution in [2.45, 2.75) is 19.0 Å². The number of methoxy groups -OCH3 is 1. The maximum absolute atomic E-state index is 9.28. The fourth-order valence-electron chi connectivity index (χ4n) is 2.70. The molecule has 1 fully saturated rings. The summed E-state index contributed by atoms with van der Waals surface area (Å²) in [6.07, 6.45) is 1.16. The summed E-state index contributed by atoms with van der Waals surface area (Å²) >= 11 is 0. The lowest BCUT2D eigenvalue weighted by Crippen LogP contribution is -2.32. The summed E-state index contributed by atoms with van der Waals surface area (Å²) in [5.74, 6) is 0.794. The third kappa shape index (κ3) is 3.52. The number of hydrogen-bond acceptors (Lipinski definition) is 5. The lowest BCUT2D eigenvalue weighted by atomic mass is 9.79. The van der Waals surface area contributed by atoms with E-state index in [1.807, 2.05) is 6.07 Å². The van der Waals surface area contributed by atoms with E-state index in [1.165, 1.54) is 0 Å². The molecule has 1 aromatic carbocycles. The number of likely N-dealkylation sites (tertiary alicyclic amines) is 1. The summed E-state index contributed by atoms with van der Waals surface area (Å²) in [6, 6.07) is 5.88. The van der Waals surface area contributed by atoms with Gasteiger partial charge in [-0.15, -0.1) is 0 Å². The first-order valence-corrected chi connectivity index (χ1v) is 6.93. The summed E-state index contributed by atoms with van der Waals surface area (Å²) in [7, 11) is 4.42. The largest absolute Gasteiger partial charge is 0.496 e. The van der Waals surface area contributed by atoms with E-state index < -0.39 is 7.12 Å². The molecule has 6 heteroatoms. The van der Waals surface area contributed by atoms with E-state index in [9.17, 15) is 10.0 Å². The second-order valence-electron chi connectivity index (χ2n) is 5.59. The zero-order valence-corrected chi connectivity index (χ0v) is 12.4. The third-order valence-electron chi connectivity index (χ3n) is 3.97. The van der Waals surface area contributed by atoms with Crippen LogP contribution in [0.25, 0.3) is 0 Å². The third-order valence-corrected chi connectivity index (χ3v) is 3.97. The van der Waals surface area contributed by atoms with Crippen LogP contribution in [0.4, 0.5) is 0 Å². The van der Waals surface area contributed by atoms with Crippen LogP contribution in [0.3, 0.4) is 0 Å². The molecule has 2 rings (SSSR count). The minimum absolute atomic E-state index is 0.504. The fraction of sp³-hybridized carbons (Fsp3) is 0.571. The first-order valence-electron chi connectivity index (χ1n) is 6.93. The van der Waals surface area contributed by atoms with Gasteiger partial charge in [0.25, 0.3) is 0 Å². The number of likely N-dealkylation sites (N-methyl/N-ethyl adjacent to an activating group) is 1. The highest BCUT2D eigenvalue weighted by Crippen LogP contribution is 2.22. The predicted molar refractivity (Wildman–Crippen MR) is 80.2 cm³/mol. The zero-order chi connectivity index (χ0) is 14.7. The van der Waals surface area contributed by atoms with Gasteiger partial charge in [0.15, 0.2) is 0 Å².